The van der Waals surface area contributed by atoms with Crippen molar-refractivity contribution in [1.29, 1.82) is 0 Å². The van der Waals surface area contributed by atoms with E-state index < -0.39 is 0 Å². The van der Waals surface area contributed by atoms with Crippen molar-refractivity contribution in [3.8, 4) is 5.75 Å². The first-order valence-electron chi connectivity index (χ1n) is 6.18. The third kappa shape index (κ3) is 5.49. The normalized spacial score (nSPS) is 12.9. The van der Waals surface area contributed by atoms with Gasteiger partial charge in [-0.1, -0.05) is 17.7 Å². The van der Waals surface area contributed by atoms with E-state index in [1.54, 1.807) is 12.1 Å². The molecule has 1 rings (SSSR count). The topological polar surface area (TPSA) is 64.3 Å². The number of benzene rings is 1. The van der Waals surface area contributed by atoms with E-state index in [-0.39, 0.29) is 24.1 Å². The molecule has 5 heteroatoms. The average molecular weight is 285 g/mol. The summed E-state index contributed by atoms with van der Waals surface area (Å²) >= 11 is 6.08. The number of halogens is 1. The Balaban J connectivity index is 2.61. The third-order valence-corrected chi connectivity index (χ3v) is 2.65. The average Bonchev–Trinajstić information content (AvgIpc) is 2.24. The molecule has 1 aromatic carbocycles. The van der Waals surface area contributed by atoms with Crippen LogP contribution in [0.3, 0.4) is 0 Å². The Bertz CT molecular complexity index is 453. The van der Waals surface area contributed by atoms with Crippen LogP contribution >= 0.6 is 11.6 Å². The SMILES string of the molecule is C[C@H](N)c1ccc(OCC(=O)NC(C)(C)C)c(Cl)c1. The van der Waals surface area contributed by atoms with Crippen molar-refractivity contribution in [1.82, 2.24) is 5.32 Å². The fraction of sp³-hybridized carbons (Fsp3) is 0.500. The fourth-order valence-corrected chi connectivity index (χ4v) is 1.76. The molecular formula is C14H21ClN2O2. The van der Waals surface area contributed by atoms with E-state index in [1.165, 1.54) is 0 Å². The van der Waals surface area contributed by atoms with Crippen LogP contribution in [0.25, 0.3) is 0 Å². The van der Waals surface area contributed by atoms with Gasteiger partial charge >= 0.3 is 0 Å². The number of carbonyl (C=O) groups excluding carboxylic acids is 1. The molecule has 0 saturated heterocycles. The van der Waals surface area contributed by atoms with Crippen molar-refractivity contribution in [2.45, 2.75) is 39.3 Å². The van der Waals surface area contributed by atoms with Crippen LogP contribution < -0.4 is 15.8 Å². The van der Waals surface area contributed by atoms with Crippen LogP contribution in [0.2, 0.25) is 5.02 Å². The highest BCUT2D eigenvalue weighted by Gasteiger charge is 2.14. The lowest BCUT2D eigenvalue weighted by molar-refractivity contribution is -0.124. The molecular weight excluding hydrogens is 264 g/mol. The largest absolute Gasteiger partial charge is 0.482 e. The second kappa shape index (κ2) is 6.26. The van der Waals surface area contributed by atoms with Gasteiger partial charge in [0.1, 0.15) is 5.75 Å². The molecule has 106 valence electrons. The summed E-state index contributed by atoms with van der Waals surface area (Å²) in [5.41, 5.74) is 6.41. The van der Waals surface area contributed by atoms with Gasteiger partial charge in [-0.3, -0.25) is 4.79 Å². The minimum absolute atomic E-state index is 0.0610. The highest BCUT2D eigenvalue weighted by Crippen LogP contribution is 2.27. The van der Waals surface area contributed by atoms with Gasteiger partial charge in [-0.15, -0.1) is 0 Å². The number of nitrogens with one attached hydrogen (secondary N) is 1. The molecule has 0 fully saturated rings. The Kier molecular flexibility index (Phi) is 5.20. The second-order valence-electron chi connectivity index (χ2n) is 5.57. The molecule has 1 amide bonds. The predicted octanol–water partition coefficient (Wildman–Crippen LogP) is 2.65. The van der Waals surface area contributed by atoms with Crippen molar-refractivity contribution < 1.29 is 9.53 Å². The summed E-state index contributed by atoms with van der Waals surface area (Å²) in [6, 6.07) is 5.23. The zero-order chi connectivity index (χ0) is 14.6. The number of hydrogen-bond acceptors (Lipinski definition) is 3. The number of nitrogens with two attached hydrogens (primary N) is 1. The summed E-state index contributed by atoms with van der Waals surface area (Å²) < 4.78 is 5.39. The lowest BCUT2D eigenvalue weighted by Crippen LogP contribution is -2.43. The van der Waals surface area contributed by atoms with E-state index >= 15 is 0 Å². The molecule has 0 aliphatic rings. The zero-order valence-corrected chi connectivity index (χ0v) is 12.5. The van der Waals surface area contributed by atoms with Crippen molar-refractivity contribution in [2.24, 2.45) is 5.73 Å². The van der Waals surface area contributed by atoms with E-state index in [0.717, 1.165) is 5.56 Å². The number of hydrogen-bond donors (Lipinski definition) is 2. The molecule has 0 unspecified atom stereocenters. The first kappa shape index (κ1) is 15.8. The van der Waals surface area contributed by atoms with Gasteiger partial charge in [-0.25, -0.2) is 0 Å². The molecule has 0 aliphatic heterocycles. The predicted molar refractivity (Wildman–Crippen MR) is 77.4 cm³/mol. The molecule has 0 bridgehead atoms. The summed E-state index contributed by atoms with van der Waals surface area (Å²) in [4.78, 5) is 11.6. The molecule has 19 heavy (non-hydrogen) atoms. The number of rotatable bonds is 4. The van der Waals surface area contributed by atoms with Gasteiger partial charge in [0.2, 0.25) is 0 Å². The highest BCUT2D eigenvalue weighted by molar-refractivity contribution is 6.32. The van der Waals surface area contributed by atoms with Gasteiger partial charge in [0.25, 0.3) is 5.91 Å². The number of carbonyl (C=O) groups is 1. The molecule has 4 nitrogen and oxygen atoms in total. The summed E-state index contributed by atoms with van der Waals surface area (Å²) in [6.45, 7) is 7.55. The maximum Gasteiger partial charge on any atom is 0.258 e. The maximum absolute atomic E-state index is 11.6. The van der Waals surface area contributed by atoms with Gasteiger partial charge in [0.15, 0.2) is 6.61 Å². The maximum atomic E-state index is 11.6. The van der Waals surface area contributed by atoms with Crippen molar-refractivity contribution in [3.63, 3.8) is 0 Å². The molecule has 0 aliphatic carbocycles. The Hall–Kier alpha value is -1.26. The minimum Gasteiger partial charge on any atom is -0.482 e. The van der Waals surface area contributed by atoms with Gasteiger partial charge in [0.05, 0.1) is 5.02 Å². The first-order chi connectivity index (χ1) is 8.69. The fourth-order valence-electron chi connectivity index (χ4n) is 1.52. The monoisotopic (exact) mass is 284 g/mol. The van der Waals surface area contributed by atoms with E-state index in [4.69, 9.17) is 22.1 Å². The van der Waals surface area contributed by atoms with E-state index in [9.17, 15) is 4.79 Å². The van der Waals surface area contributed by atoms with Crippen LogP contribution in [0, 0.1) is 0 Å². The van der Waals surface area contributed by atoms with Crippen LogP contribution in [0.1, 0.15) is 39.3 Å². The Morgan fingerprint density at radius 3 is 2.58 bits per heavy atom. The Morgan fingerprint density at radius 1 is 1.47 bits per heavy atom. The lowest BCUT2D eigenvalue weighted by atomic mass is 10.1. The minimum atomic E-state index is -0.275. The van der Waals surface area contributed by atoms with E-state index in [2.05, 4.69) is 5.32 Å². The quantitative estimate of drug-likeness (QED) is 0.893. The summed E-state index contributed by atoms with van der Waals surface area (Å²) in [7, 11) is 0. The Morgan fingerprint density at radius 2 is 2.11 bits per heavy atom. The van der Waals surface area contributed by atoms with Gasteiger partial charge in [-0.05, 0) is 45.4 Å². The molecule has 0 saturated carbocycles. The van der Waals surface area contributed by atoms with Crippen LogP contribution in [0.4, 0.5) is 0 Å². The Labute approximate surface area is 119 Å². The molecule has 1 aromatic rings. The lowest BCUT2D eigenvalue weighted by Gasteiger charge is -2.20. The third-order valence-electron chi connectivity index (χ3n) is 2.35. The smallest absolute Gasteiger partial charge is 0.258 e. The van der Waals surface area contributed by atoms with Crippen LogP contribution in [-0.4, -0.2) is 18.1 Å². The van der Waals surface area contributed by atoms with Gasteiger partial charge < -0.3 is 15.8 Å². The second-order valence-corrected chi connectivity index (χ2v) is 5.97. The van der Waals surface area contributed by atoms with Crippen LogP contribution in [-0.2, 0) is 4.79 Å². The van der Waals surface area contributed by atoms with Gasteiger partial charge in [0, 0.05) is 11.6 Å². The zero-order valence-electron chi connectivity index (χ0n) is 11.8. The van der Waals surface area contributed by atoms with Gasteiger partial charge in [-0.2, -0.15) is 0 Å². The van der Waals surface area contributed by atoms with Crippen molar-refractivity contribution >= 4 is 17.5 Å². The molecule has 0 aromatic heterocycles. The molecule has 1 atom stereocenters. The summed E-state index contributed by atoms with van der Waals surface area (Å²) in [6.07, 6.45) is 0. The summed E-state index contributed by atoms with van der Waals surface area (Å²) in [5.74, 6) is 0.301. The van der Waals surface area contributed by atoms with Crippen LogP contribution in [0.5, 0.6) is 5.75 Å². The van der Waals surface area contributed by atoms with E-state index in [0.29, 0.717) is 10.8 Å². The number of amides is 1. The summed E-state index contributed by atoms with van der Waals surface area (Å²) in [5, 5.41) is 3.27. The molecule has 3 N–H and O–H groups in total. The molecule has 0 radical (unpaired) electrons. The first-order valence-corrected chi connectivity index (χ1v) is 6.55. The molecule has 0 spiro atoms. The standard InChI is InChI=1S/C14H21ClN2O2/c1-9(16)10-5-6-12(11(15)7-10)19-8-13(18)17-14(2,3)4/h5-7,9H,8,16H2,1-4H3,(H,17,18)/t9-/m0/s1. The van der Waals surface area contributed by atoms with Crippen molar-refractivity contribution in [3.05, 3.63) is 28.8 Å². The highest BCUT2D eigenvalue weighted by atomic mass is 35.5. The number of ether oxygens (including phenoxy) is 1. The van der Waals surface area contributed by atoms with Crippen molar-refractivity contribution in [2.75, 3.05) is 6.61 Å². The van der Waals surface area contributed by atoms with Crippen LogP contribution in [0.15, 0.2) is 18.2 Å². The molecule has 0 heterocycles. The van der Waals surface area contributed by atoms with E-state index in [1.807, 2.05) is 33.8 Å².